The second kappa shape index (κ2) is 6.65. The highest BCUT2D eigenvalue weighted by Gasteiger charge is 2.19. The summed E-state index contributed by atoms with van der Waals surface area (Å²) in [6.07, 6.45) is 3.23. The summed E-state index contributed by atoms with van der Waals surface area (Å²) in [5.41, 5.74) is 0.0751. The summed E-state index contributed by atoms with van der Waals surface area (Å²) in [6.45, 7) is 5.52. The van der Waals surface area contributed by atoms with Crippen LogP contribution in [0.3, 0.4) is 0 Å². The third-order valence-electron chi connectivity index (χ3n) is 3.56. The molecule has 0 aliphatic rings. The molecule has 1 aromatic heterocycles. The number of phenols is 1. The predicted molar refractivity (Wildman–Crippen MR) is 96.0 cm³/mol. The van der Waals surface area contributed by atoms with E-state index in [4.69, 9.17) is 4.74 Å². The maximum atomic E-state index is 12.4. The van der Waals surface area contributed by atoms with E-state index in [0.29, 0.717) is 14.9 Å². The first-order valence-corrected chi connectivity index (χ1v) is 8.26. The number of methoxy groups -OCH3 is 1. The Morgan fingerprint density at radius 2 is 2.00 bits per heavy atom. The summed E-state index contributed by atoms with van der Waals surface area (Å²) in [6, 6.07) is 4.86. The van der Waals surface area contributed by atoms with Gasteiger partial charge in [-0.05, 0) is 23.8 Å². The molecular formula is C18H21NO4S. The van der Waals surface area contributed by atoms with Crippen LogP contribution in [0.2, 0.25) is 0 Å². The number of thiazole rings is 1. The highest BCUT2D eigenvalue weighted by atomic mass is 32.1. The number of aromatic nitrogens is 1. The lowest BCUT2D eigenvalue weighted by atomic mass is 9.91. The van der Waals surface area contributed by atoms with Gasteiger partial charge in [0, 0.05) is 18.5 Å². The molecule has 1 aromatic carbocycles. The molecule has 2 rings (SSSR count). The fourth-order valence-electron chi connectivity index (χ4n) is 1.97. The number of Topliss-reactive ketones (excluding diaryl/α,β-unsaturated/α-hetero) is 1. The van der Waals surface area contributed by atoms with E-state index in [1.54, 1.807) is 25.3 Å². The standard InChI is InChI=1S/C18H21NO4S/c1-18(2,3)15(21)10-16-19(4)17(22)14(24-16)9-11-6-7-12(20)13(8-11)23-5/h6-10,20H,1-5H3/b14-9-,16-10-. The molecular weight excluding hydrogens is 326 g/mol. The van der Waals surface area contributed by atoms with Crippen molar-refractivity contribution in [2.45, 2.75) is 20.8 Å². The van der Waals surface area contributed by atoms with Gasteiger partial charge in [-0.3, -0.25) is 9.59 Å². The van der Waals surface area contributed by atoms with Crippen LogP contribution in [-0.4, -0.2) is 22.6 Å². The molecule has 0 saturated heterocycles. The molecule has 0 spiro atoms. The quantitative estimate of drug-likeness (QED) is 0.911. The minimum absolute atomic E-state index is 0.0304. The topological polar surface area (TPSA) is 68.5 Å². The average molecular weight is 347 g/mol. The molecule has 6 heteroatoms. The predicted octanol–water partition coefficient (Wildman–Crippen LogP) is 1.39. The Morgan fingerprint density at radius 1 is 1.33 bits per heavy atom. The van der Waals surface area contributed by atoms with Gasteiger partial charge in [-0.1, -0.05) is 26.8 Å². The van der Waals surface area contributed by atoms with Crippen molar-refractivity contribution in [1.29, 1.82) is 0 Å². The molecule has 0 atom stereocenters. The lowest BCUT2D eigenvalue weighted by Crippen LogP contribution is -2.30. The lowest BCUT2D eigenvalue weighted by Gasteiger charge is -2.12. The molecule has 0 unspecified atom stereocenters. The van der Waals surface area contributed by atoms with Crippen LogP contribution in [0.4, 0.5) is 0 Å². The first-order chi connectivity index (χ1) is 11.1. The van der Waals surface area contributed by atoms with E-state index in [9.17, 15) is 14.7 Å². The van der Waals surface area contributed by atoms with Crippen molar-refractivity contribution in [2.24, 2.45) is 12.5 Å². The molecule has 0 fully saturated rings. The van der Waals surface area contributed by atoms with Crippen LogP contribution >= 0.6 is 11.3 Å². The van der Waals surface area contributed by atoms with E-state index in [0.717, 1.165) is 5.56 Å². The number of phenolic OH excluding ortho intramolecular Hbond substituents is 1. The number of carbonyl (C=O) groups excluding carboxylic acids is 1. The molecule has 128 valence electrons. The van der Waals surface area contributed by atoms with Crippen LogP contribution in [0.15, 0.2) is 23.0 Å². The van der Waals surface area contributed by atoms with Gasteiger partial charge in [-0.2, -0.15) is 0 Å². The van der Waals surface area contributed by atoms with Gasteiger partial charge < -0.3 is 14.4 Å². The van der Waals surface area contributed by atoms with Crippen LogP contribution in [0, 0.1) is 5.41 Å². The summed E-state index contributed by atoms with van der Waals surface area (Å²) < 4.78 is 7.66. The molecule has 0 saturated carbocycles. The first kappa shape index (κ1) is 18.0. The fourth-order valence-corrected chi connectivity index (χ4v) is 3.00. The van der Waals surface area contributed by atoms with Crippen molar-refractivity contribution < 1.29 is 14.6 Å². The van der Waals surface area contributed by atoms with Gasteiger partial charge >= 0.3 is 0 Å². The number of hydrogen-bond donors (Lipinski definition) is 1. The second-order valence-electron chi connectivity index (χ2n) is 6.50. The van der Waals surface area contributed by atoms with Crippen molar-refractivity contribution >= 4 is 29.3 Å². The molecule has 0 aliphatic heterocycles. The number of nitrogens with zero attached hydrogens (tertiary/aromatic N) is 1. The summed E-state index contributed by atoms with van der Waals surface area (Å²) in [7, 11) is 3.11. The van der Waals surface area contributed by atoms with Crippen molar-refractivity contribution in [3.05, 3.63) is 43.3 Å². The monoisotopic (exact) mass is 347 g/mol. The number of aromatic hydroxyl groups is 1. The fraction of sp³-hybridized carbons (Fsp3) is 0.333. The second-order valence-corrected chi connectivity index (χ2v) is 7.57. The number of carbonyl (C=O) groups is 1. The maximum absolute atomic E-state index is 12.4. The third kappa shape index (κ3) is 3.76. The summed E-state index contributed by atoms with van der Waals surface area (Å²) in [5.74, 6) is 0.350. The van der Waals surface area contributed by atoms with Gasteiger partial charge in [0.25, 0.3) is 5.56 Å². The highest BCUT2D eigenvalue weighted by Crippen LogP contribution is 2.26. The SMILES string of the molecule is COc1cc(/C=c2\s/c(=C\C(=O)C(C)(C)C)n(C)c2=O)ccc1O. The lowest BCUT2D eigenvalue weighted by molar-refractivity contribution is -0.120. The molecule has 0 bridgehead atoms. The zero-order chi connectivity index (χ0) is 18.1. The largest absolute Gasteiger partial charge is 0.504 e. The van der Waals surface area contributed by atoms with Crippen LogP contribution in [0.5, 0.6) is 11.5 Å². The Balaban J connectivity index is 2.58. The smallest absolute Gasteiger partial charge is 0.268 e. The normalized spacial score (nSPS) is 13.4. The number of ether oxygens (including phenoxy) is 1. The minimum atomic E-state index is -0.492. The highest BCUT2D eigenvalue weighted by molar-refractivity contribution is 7.07. The Labute approximate surface area is 144 Å². The van der Waals surface area contributed by atoms with Gasteiger partial charge in [-0.15, -0.1) is 11.3 Å². The van der Waals surface area contributed by atoms with Crippen LogP contribution in [0.25, 0.3) is 12.2 Å². The van der Waals surface area contributed by atoms with E-state index < -0.39 is 5.41 Å². The maximum Gasteiger partial charge on any atom is 0.268 e. The summed E-state index contributed by atoms with van der Waals surface area (Å²) in [4.78, 5) is 24.5. The van der Waals surface area contributed by atoms with Gasteiger partial charge in [0.05, 0.1) is 11.6 Å². The minimum Gasteiger partial charge on any atom is -0.504 e. The van der Waals surface area contributed by atoms with E-state index in [1.807, 2.05) is 20.8 Å². The third-order valence-corrected chi connectivity index (χ3v) is 4.67. The molecule has 1 heterocycles. The van der Waals surface area contributed by atoms with E-state index >= 15 is 0 Å². The van der Waals surface area contributed by atoms with E-state index in [1.165, 1.54) is 35.2 Å². The molecule has 5 nitrogen and oxygen atoms in total. The van der Waals surface area contributed by atoms with Crippen LogP contribution in [-0.2, 0) is 11.8 Å². The summed E-state index contributed by atoms with van der Waals surface area (Å²) in [5, 5.41) is 9.63. The van der Waals surface area contributed by atoms with Crippen molar-refractivity contribution in [3.8, 4) is 11.5 Å². The van der Waals surface area contributed by atoms with E-state index in [2.05, 4.69) is 0 Å². The van der Waals surface area contributed by atoms with Crippen LogP contribution in [0.1, 0.15) is 26.3 Å². The molecule has 0 radical (unpaired) electrons. The van der Waals surface area contributed by atoms with Crippen molar-refractivity contribution in [2.75, 3.05) is 7.11 Å². The Kier molecular flexibility index (Phi) is 4.99. The molecule has 0 amide bonds. The molecule has 24 heavy (non-hydrogen) atoms. The molecule has 2 aromatic rings. The molecule has 1 N–H and O–H groups in total. The number of ketones is 1. The molecule has 0 aliphatic carbocycles. The van der Waals surface area contributed by atoms with Crippen molar-refractivity contribution in [1.82, 2.24) is 4.57 Å². The average Bonchev–Trinajstić information content (AvgIpc) is 2.76. The van der Waals surface area contributed by atoms with Gasteiger partial charge in [0.2, 0.25) is 0 Å². The number of hydrogen-bond acceptors (Lipinski definition) is 5. The Morgan fingerprint density at radius 3 is 2.58 bits per heavy atom. The van der Waals surface area contributed by atoms with Gasteiger partial charge in [0.15, 0.2) is 17.3 Å². The Hall–Kier alpha value is -2.34. The summed E-state index contributed by atoms with van der Waals surface area (Å²) >= 11 is 1.26. The van der Waals surface area contributed by atoms with Crippen LogP contribution < -0.4 is 19.5 Å². The number of rotatable bonds is 3. The zero-order valence-corrected chi connectivity index (χ0v) is 15.2. The Bertz CT molecular complexity index is 945. The number of benzene rings is 1. The van der Waals surface area contributed by atoms with Gasteiger partial charge in [0.1, 0.15) is 4.66 Å². The van der Waals surface area contributed by atoms with Crippen molar-refractivity contribution in [3.63, 3.8) is 0 Å². The van der Waals surface area contributed by atoms with E-state index in [-0.39, 0.29) is 17.1 Å². The zero-order valence-electron chi connectivity index (χ0n) is 14.4. The van der Waals surface area contributed by atoms with Gasteiger partial charge in [-0.25, -0.2) is 0 Å². The first-order valence-electron chi connectivity index (χ1n) is 7.44.